The van der Waals surface area contributed by atoms with Gasteiger partial charge in [0.05, 0.1) is 5.02 Å². The Morgan fingerprint density at radius 1 is 1.38 bits per heavy atom. The Hall–Kier alpha value is 0.200. The molecule has 0 radical (unpaired) electrons. The molecule has 1 unspecified atom stereocenters. The average Bonchev–Trinajstić information content (AvgIpc) is 2.78. The van der Waals surface area contributed by atoms with Crippen molar-refractivity contribution in [1.29, 1.82) is 0 Å². The van der Waals surface area contributed by atoms with Crippen molar-refractivity contribution in [2.24, 2.45) is 5.92 Å². The number of benzene rings is 1. The standard InChI is InChI=1S/C13H17ClIN/c1-16-13(9-4-2-3-5-9)10-6-7-12(15)11(14)8-10/h6-9,13,16H,2-5H2,1H3. The zero-order chi connectivity index (χ0) is 11.5. The van der Waals surface area contributed by atoms with Gasteiger partial charge in [-0.25, -0.2) is 0 Å². The Bertz CT molecular complexity index is 361. The minimum atomic E-state index is 0.469. The Morgan fingerprint density at radius 2 is 2.06 bits per heavy atom. The van der Waals surface area contributed by atoms with E-state index in [4.69, 9.17) is 11.6 Å². The Labute approximate surface area is 116 Å². The van der Waals surface area contributed by atoms with Gasteiger partial charge in [-0.2, -0.15) is 0 Å². The molecule has 0 heterocycles. The Balaban J connectivity index is 2.22. The topological polar surface area (TPSA) is 12.0 Å². The highest BCUT2D eigenvalue weighted by Crippen LogP contribution is 2.36. The zero-order valence-electron chi connectivity index (χ0n) is 9.47. The van der Waals surface area contributed by atoms with E-state index in [-0.39, 0.29) is 0 Å². The van der Waals surface area contributed by atoms with E-state index < -0.39 is 0 Å². The van der Waals surface area contributed by atoms with Crippen molar-refractivity contribution < 1.29 is 0 Å². The van der Waals surface area contributed by atoms with Crippen LogP contribution in [0.5, 0.6) is 0 Å². The monoisotopic (exact) mass is 349 g/mol. The second kappa shape index (κ2) is 5.69. The van der Waals surface area contributed by atoms with Crippen molar-refractivity contribution in [2.45, 2.75) is 31.7 Å². The van der Waals surface area contributed by atoms with Gasteiger partial charge < -0.3 is 5.32 Å². The summed E-state index contributed by atoms with van der Waals surface area (Å²) in [5.41, 5.74) is 1.33. The van der Waals surface area contributed by atoms with Gasteiger partial charge in [-0.05, 0) is 66.1 Å². The van der Waals surface area contributed by atoms with E-state index in [2.05, 4.69) is 53.2 Å². The summed E-state index contributed by atoms with van der Waals surface area (Å²) in [6, 6.07) is 6.89. The van der Waals surface area contributed by atoms with Crippen LogP contribution in [0.4, 0.5) is 0 Å². The highest BCUT2D eigenvalue weighted by Gasteiger charge is 2.25. The summed E-state index contributed by atoms with van der Waals surface area (Å²) in [5.74, 6) is 0.779. The fraction of sp³-hybridized carbons (Fsp3) is 0.538. The van der Waals surface area contributed by atoms with E-state index in [1.807, 2.05) is 0 Å². The smallest absolute Gasteiger partial charge is 0.0542 e. The molecule has 0 saturated heterocycles. The van der Waals surface area contributed by atoms with Crippen LogP contribution >= 0.6 is 34.2 Å². The van der Waals surface area contributed by atoms with E-state index in [1.165, 1.54) is 31.2 Å². The first-order chi connectivity index (χ1) is 7.72. The minimum Gasteiger partial charge on any atom is -0.313 e. The third kappa shape index (κ3) is 2.71. The van der Waals surface area contributed by atoms with Gasteiger partial charge in [0.2, 0.25) is 0 Å². The van der Waals surface area contributed by atoms with Crippen LogP contribution in [-0.2, 0) is 0 Å². The van der Waals surface area contributed by atoms with Gasteiger partial charge in [0.1, 0.15) is 0 Å². The maximum atomic E-state index is 6.19. The van der Waals surface area contributed by atoms with Crippen molar-refractivity contribution in [3.8, 4) is 0 Å². The molecule has 2 rings (SSSR count). The van der Waals surface area contributed by atoms with Gasteiger partial charge in [0.25, 0.3) is 0 Å². The first-order valence-corrected chi connectivity index (χ1v) is 7.30. The number of hydrogen-bond donors (Lipinski definition) is 1. The predicted octanol–water partition coefficient (Wildman–Crippen LogP) is 4.40. The van der Waals surface area contributed by atoms with Crippen LogP contribution in [0.15, 0.2) is 18.2 Å². The largest absolute Gasteiger partial charge is 0.313 e. The molecule has 0 amide bonds. The molecule has 1 aromatic carbocycles. The third-order valence-electron chi connectivity index (χ3n) is 3.49. The molecule has 1 aliphatic rings. The maximum absolute atomic E-state index is 6.19. The molecular weight excluding hydrogens is 333 g/mol. The molecule has 1 saturated carbocycles. The second-order valence-electron chi connectivity index (χ2n) is 4.48. The zero-order valence-corrected chi connectivity index (χ0v) is 12.4. The van der Waals surface area contributed by atoms with Crippen LogP contribution in [0.3, 0.4) is 0 Å². The minimum absolute atomic E-state index is 0.469. The van der Waals surface area contributed by atoms with Gasteiger partial charge in [-0.3, -0.25) is 0 Å². The summed E-state index contributed by atoms with van der Waals surface area (Å²) < 4.78 is 1.13. The van der Waals surface area contributed by atoms with Gasteiger partial charge >= 0.3 is 0 Å². The fourth-order valence-corrected chi connectivity index (χ4v) is 3.20. The molecule has 1 nitrogen and oxygen atoms in total. The highest BCUT2D eigenvalue weighted by molar-refractivity contribution is 14.1. The van der Waals surface area contributed by atoms with E-state index in [0.29, 0.717) is 6.04 Å². The van der Waals surface area contributed by atoms with E-state index in [1.54, 1.807) is 0 Å². The van der Waals surface area contributed by atoms with Gasteiger partial charge in [-0.15, -0.1) is 0 Å². The van der Waals surface area contributed by atoms with Crippen molar-refractivity contribution >= 4 is 34.2 Å². The maximum Gasteiger partial charge on any atom is 0.0542 e. The molecule has 1 fully saturated rings. The molecule has 16 heavy (non-hydrogen) atoms. The second-order valence-corrected chi connectivity index (χ2v) is 6.05. The van der Waals surface area contributed by atoms with Crippen molar-refractivity contribution in [2.75, 3.05) is 7.05 Å². The van der Waals surface area contributed by atoms with Gasteiger partial charge in [0.15, 0.2) is 0 Å². The number of halogens is 2. The first kappa shape index (κ1) is 12.7. The predicted molar refractivity (Wildman–Crippen MR) is 77.9 cm³/mol. The molecule has 0 aliphatic heterocycles. The SMILES string of the molecule is CNC(c1ccc(I)c(Cl)c1)C1CCCC1. The molecule has 1 aromatic rings. The molecule has 1 N–H and O–H groups in total. The lowest BCUT2D eigenvalue weighted by molar-refractivity contribution is 0.390. The lowest BCUT2D eigenvalue weighted by Gasteiger charge is -2.23. The highest BCUT2D eigenvalue weighted by atomic mass is 127. The molecule has 0 aromatic heterocycles. The number of nitrogens with one attached hydrogen (secondary N) is 1. The summed E-state index contributed by atoms with van der Waals surface area (Å²) in [4.78, 5) is 0. The molecule has 1 aliphatic carbocycles. The lowest BCUT2D eigenvalue weighted by atomic mass is 9.92. The Morgan fingerprint density at radius 3 is 2.62 bits per heavy atom. The fourth-order valence-electron chi connectivity index (χ4n) is 2.67. The van der Waals surface area contributed by atoms with E-state index in [0.717, 1.165) is 14.5 Å². The molecule has 0 spiro atoms. The van der Waals surface area contributed by atoms with Crippen molar-refractivity contribution in [1.82, 2.24) is 5.32 Å². The summed E-state index contributed by atoms with van der Waals surface area (Å²) in [6.07, 6.45) is 5.44. The molecular formula is C13H17ClIN. The normalized spacial score (nSPS) is 18.9. The summed E-state index contributed by atoms with van der Waals surface area (Å²) >= 11 is 8.46. The van der Waals surface area contributed by atoms with Gasteiger partial charge in [0, 0.05) is 9.61 Å². The molecule has 0 bridgehead atoms. The van der Waals surface area contributed by atoms with Crippen LogP contribution in [-0.4, -0.2) is 7.05 Å². The van der Waals surface area contributed by atoms with Crippen molar-refractivity contribution in [3.63, 3.8) is 0 Å². The molecule has 88 valence electrons. The van der Waals surface area contributed by atoms with Crippen LogP contribution in [0.2, 0.25) is 5.02 Å². The molecule has 3 heteroatoms. The first-order valence-electron chi connectivity index (χ1n) is 5.84. The summed E-state index contributed by atoms with van der Waals surface area (Å²) in [5, 5.41) is 4.32. The third-order valence-corrected chi connectivity index (χ3v) is 5.06. The number of hydrogen-bond acceptors (Lipinski definition) is 1. The average molecular weight is 350 g/mol. The quantitative estimate of drug-likeness (QED) is 0.798. The summed E-state index contributed by atoms with van der Waals surface area (Å²) in [6.45, 7) is 0. The molecule has 1 atom stereocenters. The van der Waals surface area contributed by atoms with Crippen LogP contribution in [0.1, 0.15) is 37.3 Å². The summed E-state index contributed by atoms with van der Waals surface area (Å²) in [7, 11) is 2.05. The Kier molecular flexibility index (Phi) is 4.50. The van der Waals surface area contributed by atoms with E-state index in [9.17, 15) is 0 Å². The van der Waals surface area contributed by atoms with Gasteiger partial charge in [-0.1, -0.05) is 30.5 Å². The lowest BCUT2D eigenvalue weighted by Crippen LogP contribution is -2.23. The number of rotatable bonds is 3. The van der Waals surface area contributed by atoms with E-state index >= 15 is 0 Å². The van der Waals surface area contributed by atoms with Crippen LogP contribution in [0, 0.1) is 9.49 Å². The van der Waals surface area contributed by atoms with Crippen molar-refractivity contribution in [3.05, 3.63) is 32.4 Å². The van der Waals surface area contributed by atoms with Crippen LogP contribution < -0.4 is 5.32 Å². The van der Waals surface area contributed by atoms with Crippen LogP contribution in [0.25, 0.3) is 0 Å².